The lowest BCUT2D eigenvalue weighted by Crippen LogP contribution is -2.23. The van der Waals surface area contributed by atoms with Gasteiger partial charge in [-0.05, 0) is 37.1 Å². The molecular formula is C23H27N5O2. The van der Waals surface area contributed by atoms with Gasteiger partial charge in [0.2, 0.25) is 5.95 Å². The maximum atomic E-state index is 5.52. The second-order valence-electron chi connectivity index (χ2n) is 7.37. The molecule has 7 heteroatoms. The molecule has 30 heavy (non-hydrogen) atoms. The third-order valence-corrected chi connectivity index (χ3v) is 5.29. The average molecular weight is 406 g/mol. The molecular weight excluding hydrogens is 378 g/mol. The number of benzene rings is 1. The Hall–Kier alpha value is -3.35. The second kappa shape index (κ2) is 9.43. The maximum Gasteiger partial charge on any atom is 0.225 e. The largest absolute Gasteiger partial charge is 0.497 e. The van der Waals surface area contributed by atoms with Crippen LogP contribution in [0.5, 0.6) is 11.5 Å². The summed E-state index contributed by atoms with van der Waals surface area (Å²) >= 11 is 0. The summed E-state index contributed by atoms with van der Waals surface area (Å²) in [5.74, 6) is 2.72. The average Bonchev–Trinajstić information content (AvgIpc) is 2.80. The number of ether oxygens (including phenoxy) is 2. The van der Waals surface area contributed by atoms with Crippen LogP contribution in [0.3, 0.4) is 0 Å². The van der Waals surface area contributed by atoms with E-state index in [-0.39, 0.29) is 0 Å². The molecule has 1 aliphatic carbocycles. The van der Waals surface area contributed by atoms with E-state index in [1.54, 1.807) is 20.4 Å². The first-order valence-electron chi connectivity index (χ1n) is 10.3. The third kappa shape index (κ3) is 4.79. The topological polar surface area (TPSA) is 81.2 Å². The van der Waals surface area contributed by atoms with Gasteiger partial charge in [0.25, 0.3) is 0 Å². The molecule has 3 aromatic rings. The molecule has 0 saturated heterocycles. The molecule has 7 nitrogen and oxygen atoms in total. The molecule has 0 bridgehead atoms. The highest BCUT2D eigenvalue weighted by molar-refractivity contribution is 5.70. The fraction of sp³-hybridized carbons (Fsp3) is 0.348. The number of methoxy groups -OCH3 is 2. The highest BCUT2D eigenvalue weighted by atomic mass is 16.5. The van der Waals surface area contributed by atoms with E-state index in [4.69, 9.17) is 19.4 Å². The number of anilines is 3. The van der Waals surface area contributed by atoms with Gasteiger partial charge in [-0.15, -0.1) is 0 Å². The van der Waals surface area contributed by atoms with Gasteiger partial charge in [-0.1, -0.05) is 19.3 Å². The van der Waals surface area contributed by atoms with Crippen LogP contribution in [-0.2, 0) is 0 Å². The van der Waals surface area contributed by atoms with Gasteiger partial charge in [-0.25, -0.2) is 4.98 Å². The zero-order chi connectivity index (χ0) is 20.8. The van der Waals surface area contributed by atoms with Crippen molar-refractivity contribution in [3.8, 4) is 22.8 Å². The van der Waals surface area contributed by atoms with Crippen LogP contribution in [0.2, 0.25) is 0 Å². The molecule has 1 aliphatic rings. The standard InChI is InChI=1S/C23H27N5O2/c1-29-18-10-11-19(21(13-18)30-2)26-22-14-20(16-7-6-12-24-15-16)27-23(28-22)25-17-8-4-3-5-9-17/h6-7,10-15,17H,3-5,8-9H2,1-2H3,(H2,25,26,27,28). The second-order valence-corrected chi connectivity index (χ2v) is 7.37. The summed E-state index contributed by atoms with van der Waals surface area (Å²) in [4.78, 5) is 13.7. The van der Waals surface area contributed by atoms with Crippen molar-refractivity contribution >= 4 is 17.5 Å². The van der Waals surface area contributed by atoms with E-state index >= 15 is 0 Å². The minimum Gasteiger partial charge on any atom is -0.497 e. The van der Waals surface area contributed by atoms with Crippen molar-refractivity contribution in [1.29, 1.82) is 0 Å². The molecule has 156 valence electrons. The Morgan fingerprint density at radius 1 is 0.967 bits per heavy atom. The summed E-state index contributed by atoms with van der Waals surface area (Å²) in [5, 5.41) is 6.90. The van der Waals surface area contributed by atoms with E-state index in [1.807, 2.05) is 42.6 Å². The Balaban J connectivity index is 1.66. The smallest absolute Gasteiger partial charge is 0.225 e. The molecule has 2 heterocycles. The SMILES string of the molecule is COc1ccc(Nc2cc(-c3cccnc3)nc(NC3CCCCC3)n2)c(OC)c1. The lowest BCUT2D eigenvalue weighted by molar-refractivity contribution is 0.395. The Labute approximate surface area is 176 Å². The van der Waals surface area contributed by atoms with Gasteiger partial charge >= 0.3 is 0 Å². The molecule has 0 amide bonds. The summed E-state index contributed by atoms with van der Waals surface area (Å²) in [6.07, 6.45) is 9.66. The Kier molecular flexibility index (Phi) is 6.27. The first-order chi connectivity index (χ1) is 14.7. The van der Waals surface area contributed by atoms with E-state index in [2.05, 4.69) is 15.6 Å². The number of nitrogens with one attached hydrogen (secondary N) is 2. The van der Waals surface area contributed by atoms with Gasteiger partial charge in [0, 0.05) is 36.1 Å². The quantitative estimate of drug-likeness (QED) is 0.570. The summed E-state index contributed by atoms with van der Waals surface area (Å²) in [6.45, 7) is 0. The molecule has 0 atom stereocenters. The highest BCUT2D eigenvalue weighted by Gasteiger charge is 2.16. The van der Waals surface area contributed by atoms with Crippen molar-refractivity contribution in [3.05, 3.63) is 48.8 Å². The molecule has 0 aliphatic heterocycles. The first-order valence-corrected chi connectivity index (χ1v) is 10.3. The van der Waals surface area contributed by atoms with Crippen LogP contribution in [-0.4, -0.2) is 35.2 Å². The van der Waals surface area contributed by atoms with Gasteiger partial charge < -0.3 is 20.1 Å². The van der Waals surface area contributed by atoms with Crippen LogP contribution >= 0.6 is 0 Å². The number of pyridine rings is 1. The molecule has 1 saturated carbocycles. The minimum absolute atomic E-state index is 0.409. The zero-order valence-electron chi connectivity index (χ0n) is 17.4. The Bertz CT molecular complexity index is 975. The van der Waals surface area contributed by atoms with Crippen molar-refractivity contribution in [2.45, 2.75) is 38.1 Å². The van der Waals surface area contributed by atoms with Crippen molar-refractivity contribution in [2.24, 2.45) is 0 Å². The molecule has 0 unspecified atom stereocenters. The predicted octanol–water partition coefficient (Wildman–Crippen LogP) is 5.04. The van der Waals surface area contributed by atoms with Crippen LogP contribution in [0.25, 0.3) is 11.3 Å². The third-order valence-electron chi connectivity index (χ3n) is 5.29. The van der Waals surface area contributed by atoms with E-state index in [1.165, 1.54) is 19.3 Å². The van der Waals surface area contributed by atoms with E-state index in [0.29, 0.717) is 23.6 Å². The normalized spacial score (nSPS) is 14.2. The summed E-state index contributed by atoms with van der Waals surface area (Å²) in [5.41, 5.74) is 2.56. The van der Waals surface area contributed by atoms with E-state index in [9.17, 15) is 0 Å². The zero-order valence-corrected chi connectivity index (χ0v) is 17.4. The highest BCUT2D eigenvalue weighted by Crippen LogP contribution is 2.32. The summed E-state index contributed by atoms with van der Waals surface area (Å²) < 4.78 is 10.8. The number of aromatic nitrogens is 3. The molecule has 2 N–H and O–H groups in total. The number of hydrogen-bond acceptors (Lipinski definition) is 7. The molecule has 2 aromatic heterocycles. The van der Waals surface area contributed by atoms with Crippen LogP contribution < -0.4 is 20.1 Å². The van der Waals surface area contributed by atoms with E-state index in [0.717, 1.165) is 35.5 Å². The molecule has 0 spiro atoms. The lowest BCUT2D eigenvalue weighted by Gasteiger charge is -2.23. The number of nitrogens with zero attached hydrogens (tertiary/aromatic N) is 3. The molecule has 1 fully saturated rings. The first kappa shape index (κ1) is 19.9. The van der Waals surface area contributed by atoms with Gasteiger partial charge in [-0.3, -0.25) is 4.98 Å². The fourth-order valence-corrected chi connectivity index (χ4v) is 3.71. The van der Waals surface area contributed by atoms with E-state index < -0.39 is 0 Å². The van der Waals surface area contributed by atoms with Crippen LogP contribution in [0.1, 0.15) is 32.1 Å². The van der Waals surface area contributed by atoms with Crippen molar-refractivity contribution in [2.75, 3.05) is 24.9 Å². The van der Waals surface area contributed by atoms with Crippen LogP contribution in [0.15, 0.2) is 48.8 Å². The van der Waals surface area contributed by atoms with Crippen LogP contribution in [0.4, 0.5) is 17.5 Å². The van der Waals surface area contributed by atoms with Gasteiger partial charge in [0.05, 0.1) is 25.6 Å². The fourth-order valence-electron chi connectivity index (χ4n) is 3.71. The van der Waals surface area contributed by atoms with Gasteiger partial charge in [-0.2, -0.15) is 4.98 Å². The minimum atomic E-state index is 0.409. The monoisotopic (exact) mass is 405 g/mol. The van der Waals surface area contributed by atoms with Crippen molar-refractivity contribution in [1.82, 2.24) is 15.0 Å². The van der Waals surface area contributed by atoms with Gasteiger partial charge in [0.15, 0.2) is 0 Å². The molecule has 4 rings (SSSR count). The Morgan fingerprint density at radius 2 is 1.83 bits per heavy atom. The summed E-state index contributed by atoms with van der Waals surface area (Å²) in [6, 6.07) is 11.9. The Morgan fingerprint density at radius 3 is 2.57 bits per heavy atom. The number of rotatable bonds is 7. The van der Waals surface area contributed by atoms with Crippen molar-refractivity contribution in [3.63, 3.8) is 0 Å². The lowest BCUT2D eigenvalue weighted by atomic mass is 9.96. The maximum absolute atomic E-state index is 5.52. The van der Waals surface area contributed by atoms with Crippen molar-refractivity contribution < 1.29 is 9.47 Å². The summed E-state index contributed by atoms with van der Waals surface area (Å²) in [7, 11) is 3.27. The molecule has 1 aromatic carbocycles. The van der Waals surface area contributed by atoms with Crippen LogP contribution in [0, 0.1) is 0 Å². The number of hydrogen-bond donors (Lipinski definition) is 2. The predicted molar refractivity (Wildman–Crippen MR) is 119 cm³/mol. The van der Waals surface area contributed by atoms with Gasteiger partial charge in [0.1, 0.15) is 17.3 Å². The molecule has 0 radical (unpaired) electrons.